The van der Waals surface area contributed by atoms with E-state index in [-0.39, 0.29) is 22.7 Å². The Morgan fingerprint density at radius 1 is 1.25 bits per heavy atom. The van der Waals surface area contributed by atoms with Crippen LogP contribution in [0.4, 0.5) is 18.9 Å². The minimum Gasteiger partial charge on any atom is -0.282 e. The summed E-state index contributed by atoms with van der Waals surface area (Å²) in [6.07, 6.45) is -3.79. The third kappa shape index (κ3) is 4.02. The van der Waals surface area contributed by atoms with Crippen LogP contribution in [0.2, 0.25) is 0 Å². The van der Waals surface area contributed by atoms with Crippen molar-refractivity contribution in [2.24, 2.45) is 0 Å². The van der Waals surface area contributed by atoms with Crippen molar-refractivity contribution in [3.05, 3.63) is 47.7 Å². The zero-order valence-electron chi connectivity index (χ0n) is 12.4. The van der Waals surface area contributed by atoms with E-state index in [0.717, 1.165) is 6.07 Å². The first-order chi connectivity index (χ1) is 11.2. The van der Waals surface area contributed by atoms with Crippen LogP contribution in [-0.2, 0) is 16.2 Å². The van der Waals surface area contributed by atoms with Gasteiger partial charge in [-0.05, 0) is 31.2 Å². The monoisotopic (exact) mass is 355 g/mol. The molecular formula is C15H12F3N3O2S. The summed E-state index contributed by atoms with van der Waals surface area (Å²) in [5.41, 5.74) is -0.117. The van der Waals surface area contributed by atoms with Gasteiger partial charge in [-0.25, -0.2) is 8.42 Å². The van der Waals surface area contributed by atoms with Gasteiger partial charge in [0.1, 0.15) is 6.07 Å². The Labute approximate surface area is 136 Å². The Hall–Kier alpha value is -2.60. The van der Waals surface area contributed by atoms with Crippen molar-refractivity contribution in [3.8, 4) is 17.3 Å². The van der Waals surface area contributed by atoms with Gasteiger partial charge in [-0.1, -0.05) is 6.07 Å². The third-order valence-corrected chi connectivity index (χ3v) is 4.46. The second-order valence-electron chi connectivity index (χ2n) is 4.81. The van der Waals surface area contributed by atoms with Crippen LogP contribution in [0, 0.1) is 11.3 Å². The lowest BCUT2D eigenvalue weighted by molar-refractivity contribution is -0.137. The maximum atomic E-state index is 12.6. The van der Waals surface area contributed by atoms with Crippen LogP contribution in [0.25, 0.3) is 11.3 Å². The minimum absolute atomic E-state index is 0.0542. The topological polar surface area (TPSA) is 82.8 Å². The molecule has 0 aliphatic heterocycles. The second-order valence-corrected chi connectivity index (χ2v) is 6.82. The molecule has 9 heteroatoms. The highest BCUT2D eigenvalue weighted by Gasteiger charge is 2.30. The molecule has 0 amide bonds. The van der Waals surface area contributed by atoms with Gasteiger partial charge in [-0.15, -0.1) is 0 Å². The largest absolute Gasteiger partial charge is 0.417 e. The first kappa shape index (κ1) is 17.7. The molecule has 0 aliphatic carbocycles. The molecule has 0 saturated carbocycles. The number of nitrogens with zero attached hydrogens (tertiary/aromatic N) is 2. The van der Waals surface area contributed by atoms with Gasteiger partial charge in [0.15, 0.2) is 0 Å². The normalized spacial score (nSPS) is 11.8. The first-order valence-corrected chi connectivity index (χ1v) is 8.40. The summed E-state index contributed by atoms with van der Waals surface area (Å²) in [6.45, 7) is 1.44. The highest BCUT2D eigenvalue weighted by molar-refractivity contribution is 7.92. The number of nitriles is 1. The summed E-state index contributed by atoms with van der Waals surface area (Å²) in [6, 6.07) is 8.15. The van der Waals surface area contributed by atoms with Crippen molar-refractivity contribution in [3.63, 3.8) is 0 Å². The van der Waals surface area contributed by atoms with Gasteiger partial charge in [0.2, 0.25) is 10.0 Å². The molecule has 2 rings (SSSR count). The van der Waals surface area contributed by atoms with Gasteiger partial charge < -0.3 is 0 Å². The van der Waals surface area contributed by atoms with E-state index in [1.165, 1.54) is 31.2 Å². The molecule has 0 bridgehead atoms. The smallest absolute Gasteiger partial charge is 0.282 e. The molecule has 0 aliphatic rings. The van der Waals surface area contributed by atoms with Crippen molar-refractivity contribution >= 4 is 15.7 Å². The molecule has 1 aromatic carbocycles. The Balaban J connectivity index is 2.44. The Kier molecular flexibility index (Phi) is 4.80. The van der Waals surface area contributed by atoms with Gasteiger partial charge in [0.05, 0.1) is 28.3 Å². The molecule has 0 atom stereocenters. The summed E-state index contributed by atoms with van der Waals surface area (Å²) in [5.74, 6) is -0.180. The minimum atomic E-state index is -4.49. The summed E-state index contributed by atoms with van der Waals surface area (Å²) in [5, 5.41) is 9.05. The lowest BCUT2D eigenvalue weighted by atomic mass is 10.1. The van der Waals surface area contributed by atoms with E-state index in [0.29, 0.717) is 11.8 Å². The summed E-state index contributed by atoms with van der Waals surface area (Å²) >= 11 is 0. The number of nitrogens with one attached hydrogen (secondary N) is 1. The quantitative estimate of drug-likeness (QED) is 0.911. The highest BCUT2D eigenvalue weighted by atomic mass is 32.2. The van der Waals surface area contributed by atoms with Crippen LogP contribution in [0.3, 0.4) is 0 Å². The fourth-order valence-corrected chi connectivity index (χ4v) is 2.51. The summed E-state index contributed by atoms with van der Waals surface area (Å²) in [4.78, 5) is 3.75. The van der Waals surface area contributed by atoms with E-state index in [2.05, 4.69) is 9.71 Å². The molecular weight excluding hydrogens is 343 g/mol. The maximum Gasteiger partial charge on any atom is 0.417 e. The van der Waals surface area contributed by atoms with E-state index in [4.69, 9.17) is 5.26 Å². The summed E-state index contributed by atoms with van der Waals surface area (Å²) < 4.78 is 63.3. The predicted octanol–water partition coefficient (Wildman–Crippen LogP) is 3.40. The molecule has 1 N–H and O–H groups in total. The fraction of sp³-hybridized carbons (Fsp3) is 0.200. The number of anilines is 1. The van der Waals surface area contributed by atoms with E-state index in [1.807, 2.05) is 6.07 Å². The van der Waals surface area contributed by atoms with Crippen LogP contribution < -0.4 is 4.72 Å². The molecule has 5 nitrogen and oxygen atoms in total. The predicted molar refractivity (Wildman–Crippen MR) is 82.5 cm³/mol. The maximum absolute atomic E-state index is 12.6. The molecule has 1 aromatic heterocycles. The number of hydrogen-bond donors (Lipinski definition) is 1. The second kappa shape index (κ2) is 6.49. The van der Waals surface area contributed by atoms with E-state index in [1.54, 1.807) is 0 Å². The van der Waals surface area contributed by atoms with E-state index < -0.39 is 21.8 Å². The number of rotatable bonds is 4. The average Bonchev–Trinajstić information content (AvgIpc) is 2.54. The number of hydrogen-bond acceptors (Lipinski definition) is 4. The van der Waals surface area contributed by atoms with Crippen molar-refractivity contribution in [1.82, 2.24) is 4.98 Å². The molecule has 24 heavy (non-hydrogen) atoms. The van der Waals surface area contributed by atoms with Crippen LogP contribution >= 0.6 is 0 Å². The molecule has 0 spiro atoms. The fourth-order valence-electron chi connectivity index (χ4n) is 1.86. The Bertz CT molecular complexity index is 886. The molecule has 1 heterocycles. The number of halogens is 3. The molecule has 0 radical (unpaired) electrons. The van der Waals surface area contributed by atoms with Crippen molar-refractivity contribution in [2.75, 3.05) is 10.5 Å². The van der Waals surface area contributed by atoms with Gasteiger partial charge >= 0.3 is 6.18 Å². The van der Waals surface area contributed by atoms with E-state index in [9.17, 15) is 21.6 Å². The van der Waals surface area contributed by atoms with Crippen LogP contribution in [0.5, 0.6) is 0 Å². The SMILES string of the molecule is CCS(=O)(=O)Nc1cc(-c2ccc(C(F)(F)F)cn2)ccc1C#N. The average molecular weight is 355 g/mol. The standard InChI is InChI=1S/C15H12F3N3O2S/c1-2-24(22,23)21-14-7-10(3-4-11(14)8-19)13-6-5-12(9-20-13)15(16,17)18/h3-7,9,21H,2H2,1H3. The first-order valence-electron chi connectivity index (χ1n) is 6.74. The Morgan fingerprint density at radius 2 is 1.96 bits per heavy atom. The lowest BCUT2D eigenvalue weighted by Gasteiger charge is -2.11. The zero-order chi connectivity index (χ0) is 18.0. The Morgan fingerprint density at radius 3 is 2.46 bits per heavy atom. The highest BCUT2D eigenvalue weighted by Crippen LogP contribution is 2.30. The van der Waals surface area contributed by atoms with Gasteiger partial charge in [-0.3, -0.25) is 9.71 Å². The van der Waals surface area contributed by atoms with Gasteiger partial charge in [0.25, 0.3) is 0 Å². The molecule has 0 unspecified atom stereocenters. The van der Waals surface area contributed by atoms with Crippen LogP contribution in [0.15, 0.2) is 36.5 Å². The number of aromatic nitrogens is 1. The number of benzene rings is 1. The molecule has 2 aromatic rings. The van der Waals surface area contributed by atoms with Crippen LogP contribution in [-0.4, -0.2) is 19.2 Å². The third-order valence-electron chi connectivity index (χ3n) is 3.17. The summed E-state index contributed by atoms with van der Waals surface area (Å²) in [7, 11) is -3.60. The zero-order valence-corrected chi connectivity index (χ0v) is 13.2. The van der Waals surface area contributed by atoms with Crippen molar-refractivity contribution in [1.29, 1.82) is 5.26 Å². The van der Waals surface area contributed by atoms with Crippen molar-refractivity contribution in [2.45, 2.75) is 13.1 Å². The number of pyridine rings is 1. The molecule has 0 fully saturated rings. The van der Waals surface area contributed by atoms with Gasteiger partial charge in [-0.2, -0.15) is 18.4 Å². The number of sulfonamides is 1. The number of alkyl halides is 3. The van der Waals surface area contributed by atoms with E-state index >= 15 is 0 Å². The lowest BCUT2D eigenvalue weighted by Crippen LogP contribution is -2.15. The van der Waals surface area contributed by atoms with Crippen molar-refractivity contribution < 1.29 is 21.6 Å². The molecule has 0 saturated heterocycles. The van der Waals surface area contributed by atoms with Crippen LogP contribution in [0.1, 0.15) is 18.1 Å². The molecule has 126 valence electrons. The van der Waals surface area contributed by atoms with Gasteiger partial charge in [0, 0.05) is 11.8 Å².